The minimum Gasteiger partial charge on any atom is -0.489 e. The predicted octanol–water partition coefficient (Wildman–Crippen LogP) is 11.1. The molecule has 0 bridgehead atoms. The summed E-state index contributed by atoms with van der Waals surface area (Å²) in [5, 5.41) is 0.0685. The SMILES string of the molecule is CC(C)C(=O)c1cc2nc(-c3ccc(Cl)c(F)c3)cc(C(C)(C)C)c2o1.CCCC.CCCC(C)(C)C.CCOc1c(C)c(=O)c1=O. The molecule has 0 aliphatic rings. The lowest BCUT2D eigenvalue weighted by atomic mass is 9.86. The predicted molar refractivity (Wildman–Crippen MR) is 194 cm³/mol. The van der Waals surface area contributed by atoms with Crippen LogP contribution < -0.4 is 15.6 Å². The van der Waals surface area contributed by atoms with Crippen LogP contribution in [0.5, 0.6) is 5.75 Å². The van der Waals surface area contributed by atoms with Crippen LogP contribution in [-0.4, -0.2) is 17.4 Å². The molecule has 0 N–H and O–H groups in total. The summed E-state index contributed by atoms with van der Waals surface area (Å²) in [6.45, 7) is 27.0. The third-order valence-corrected chi connectivity index (χ3v) is 7.46. The van der Waals surface area contributed by atoms with Crippen molar-refractivity contribution in [1.29, 1.82) is 0 Å². The fraction of sp³-hybridized carbons (Fsp3) is 0.538. The van der Waals surface area contributed by atoms with Crippen LogP contribution in [0.2, 0.25) is 5.02 Å². The van der Waals surface area contributed by atoms with E-state index in [1.165, 1.54) is 37.8 Å². The molecule has 6 nitrogen and oxygen atoms in total. The molecule has 0 spiro atoms. The third kappa shape index (κ3) is 12.3. The number of unbranched alkanes of at least 4 members (excludes halogenated alkanes) is 1. The van der Waals surface area contributed by atoms with Crippen LogP contribution in [0.4, 0.5) is 4.39 Å². The molecule has 0 aliphatic heterocycles. The van der Waals surface area contributed by atoms with E-state index in [4.69, 9.17) is 20.8 Å². The summed E-state index contributed by atoms with van der Waals surface area (Å²) in [7, 11) is 0. The molecule has 260 valence electrons. The van der Waals surface area contributed by atoms with Crippen LogP contribution in [0.15, 0.2) is 44.3 Å². The van der Waals surface area contributed by atoms with Crippen LogP contribution in [0, 0.1) is 24.1 Å². The van der Waals surface area contributed by atoms with E-state index in [9.17, 15) is 18.8 Å². The second kappa shape index (κ2) is 18.3. The smallest absolute Gasteiger partial charge is 0.268 e. The molecule has 0 saturated carbocycles. The average molecular weight is 672 g/mol. The number of aromatic nitrogens is 1. The fourth-order valence-corrected chi connectivity index (χ4v) is 4.46. The molecule has 4 rings (SSSR count). The second-order valence-corrected chi connectivity index (χ2v) is 14.5. The van der Waals surface area contributed by atoms with Gasteiger partial charge in [0.25, 0.3) is 5.43 Å². The summed E-state index contributed by atoms with van der Waals surface area (Å²) in [6, 6.07) is 8.16. The number of rotatable bonds is 7. The highest BCUT2D eigenvalue weighted by Gasteiger charge is 2.25. The van der Waals surface area contributed by atoms with Crippen molar-refractivity contribution in [3.05, 3.63) is 78.5 Å². The number of furan rings is 1. The van der Waals surface area contributed by atoms with Crippen molar-refractivity contribution in [3.63, 3.8) is 0 Å². The minimum absolute atomic E-state index is 0.0676. The summed E-state index contributed by atoms with van der Waals surface area (Å²) in [6.07, 6.45) is 5.29. The Morgan fingerprint density at radius 3 is 1.94 bits per heavy atom. The first kappa shape index (κ1) is 41.7. The molecule has 8 heteroatoms. The number of hydrogen-bond donors (Lipinski definition) is 0. The molecular weight excluding hydrogens is 617 g/mol. The standard InChI is InChI=1S/C21H21ClFNO2.C7H8O3.C7H16.C4H10/c1-11(2)19(25)18-10-17-20(26-18)13(21(3,4)5)9-16(24-17)12-6-7-14(22)15(23)8-12;1-3-10-7-4(2)5(8)6(7)9;1-5-6-7(2,3)4;1-3-4-2/h6-11H,1-5H3;3H2,1-2H3;5-6H2,1-4H3;3-4H2,1-2H3. The number of carbonyl (C=O) groups excluding carboxylic acids is 1. The van der Waals surface area contributed by atoms with Crippen LogP contribution in [-0.2, 0) is 5.41 Å². The Morgan fingerprint density at radius 1 is 0.936 bits per heavy atom. The van der Waals surface area contributed by atoms with Gasteiger partial charge in [0.15, 0.2) is 17.1 Å². The molecule has 0 fully saturated rings. The summed E-state index contributed by atoms with van der Waals surface area (Å²) >= 11 is 5.79. The number of fused-ring (bicyclic) bond motifs is 1. The molecule has 0 saturated heterocycles. The molecule has 0 radical (unpaired) electrons. The van der Waals surface area contributed by atoms with E-state index in [-0.39, 0.29) is 27.9 Å². The zero-order valence-corrected chi connectivity index (χ0v) is 31.5. The average Bonchev–Trinajstić information content (AvgIpc) is 3.43. The maximum Gasteiger partial charge on any atom is 0.268 e. The van der Waals surface area contributed by atoms with Gasteiger partial charge in [-0.1, -0.05) is 113 Å². The quantitative estimate of drug-likeness (QED) is 0.143. The Morgan fingerprint density at radius 2 is 1.53 bits per heavy atom. The minimum atomic E-state index is -0.494. The Kier molecular flexibility index (Phi) is 16.2. The first-order chi connectivity index (χ1) is 21.7. The lowest BCUT2D eigenvalue weighted by Gasteiger charge is -2.20. The first-order valence-electron chi connectivity index (χ1n) is 16.6. The van der Waals surface area contributed by atoms with Gasteiger partial charge in [0.2, 0.25) is 11.2 Å². The number of Topliss-reactive ketones (excluding diaryl/α,β-unsaturated/α-hetero) is 1. The number of nitrogens with zero attached hydrogens (tertiary/aromatic N) is 1. The van der Waals surface area contributed by atoms with Crippen molar-refractivity contribution in [3.8, 4) is 17.0 Å². The monoisotopic (exact) mass is 671 g/mol. The Balaban J connectivity index is 0.000000428. The van der Waals surface area contributed by atoms with Gasteiger partial charge < -0.3 is 9.15 Å². The van der Waals surface area contributed by atoms with E-state index in [1.807, 2.05) is 19.9 Å². The molecule has 2 aromatic heterocycles. The fourth-order valence-electron chi connectivity index (χ4n) is 4.34. The van der Waals surface area contributed by atoms with Crippen LogP contribution in [0.3, 0.4) is 0 Å². The molecule has 2 heterocycles. The first-order valence-corrected chi connectivity index (χ1v) is 17.0. The van der Waals surface area contributed by atoms with Gasteiger partial charge in [0.05, 0.1) is 17.3 Å². The zero-order valence-electron chi connectivity index (χ0n) is 30.7. The zero-order chi connectivity index (χ0) is 36.3. The topological polar surface area (TPSA) is 86.5 Å². The molecule has 0 atom stereocenters. The molecular formula is C39H55ClFNO5. The van der Waals surface area contributed by atoms with Crippen molar-refractivity contribution < 1.29 is 18.3 Å². The number of hydrogen-bond acceptors (Lipinski definition) is 6. The van der Waals surface area contributed by atoms with Gasteiger partial charge in [-0.3, -0.25) is 14.4 Å². The Bertz CT molecular complexity index is 1660. The van der Waals surface area contributed by atoms with E-state index >= 15 is 0 Å². The van der Waals surface area contributed by atoms with Gasteiger partial charge >= 0.3 is 0 Å². The molecule has 0 amide bonds. The number of pyridine rings is 1. The number of benzene rings is 1. The Labute approximate surface area is 285 Å². The number of ether oxygens (including phenoxy) is 1. The summed E-state index contributed by atoms with van der Waals surface area (Å²) in [5.74, 6) is -0.188. The number of carbonyl (C=O) groups is 1. The van der Waals surface area contributed by atoms with Gasteiger partial charge in [0, 0.05) is 28.7 Å². The number of halogens is 2. The highest BCUT2D eigenvalue weighted by Crippen LogP contribution is 2.35. The lowest BCUT2D eigenvalue weighted by Crippen LogP contribution is -2.35. The molecule has 0 unspecified atom stereocenters. The lowest BCUT2D eigenvalue weighted by molar-refractivity contribution is 0.0913. The maximum atomic E-state index is 13.9. The van der Waals surface area contributed by atoms with Gasteiger partial charge in [-0.2, -0.15) is 0 Å². The normalized spacial score (nSPS) is 11.3. The van der Waals surface area contributed by atoms with Gasteiger partial charge in [-0.25, -0.2) is 9.37 Å². The third-order valence-electron chi connectivity index (χ3n) is 7.15. The Hall–Kier alpha value is -3.32. The van der Waals surface area contributed by atoms with Crippen LogP contribution >= 0.6 is 11.6 Å². The molecule has 4 aromatic rings. The largest absolute Gasteiger partial charge is 0.489 e. The van der Waals surface area contributed by atoms with E-state index in [0.717, 1.165) is 5.56 Å². The van der Waals surface area contributed by atoms with Gasteiger partial charge in [-0.15, -0.1) is 0 Å². The highest BCUT2D eigenvalue weighted by atomic mass is 35.5. The van der Waals surface area contributed by atoms with Crippen molar-refractivity contribution in [2.24, 2.45) is 11.3 Å². The molecule has 0 aliphatic carbocycles. The second-order valence-electron chi connectivity index (χ2n) is 14.1. The van der Waals surface area contributed by atoms with E-state index < -0.39 is 16.7 Å². The van der Waals surface area contributed by atoms with Crippen molar-refractivity contribution >= 4 is 28.5 Å². The number of ketones is 1. The summed E-state index contributed by atoms with van der Waals surface area (Å²) in [5.41, 5.74) is 3.20. The van der Waals surface area contributed by atoms with E-state index in [1.54, 1.807) is 26.0 Å². The summed E-state index contributed by atoms with van der Waals surface area (Å²) in [4.78, 5) is 38.1. The van der Waals surface area contributed by atoms with Crippen molar-refractivity contribution in [2.45, 2.75) is 121 Å². The molecule has 2 aromatic carbocycles. The molecule has 47 heavy (non-hydrogen) atoms. The van der Waals surface area contributed by atoms with Crippen molar-refractivity contribution in [1.82, 2.24) is 4.98 Å². The van der Waals surface area contributed by atoms with Gasteiger partial charge in [-0.05, 0) is 49.3 Å². The van der Waals surface area contributed by atoms with E-state index in [2.05, 4.69) is 67.3 Å². The van der Waals surface area contributed by atoms with Gasteiger partial charge in [0.1, 0.15) is 11.3 Å². The summed E-state index contributed by atoms with van der Waals surface area (Å²) < 4.78 is 24.6. The highest BCUT2D eigenvalue weighted by molar-refractivity contribution is 6.30. The van der Waals surface area contributed by atoms with E-state index in [0.29, 0.717) is 45.7 Å². The van der Waals surface area contributed by atoms with Crippen LogP contribution in [0.1, 0.15) is 130 Å². The van der Waals surface area contributed by atoms with Crippen molar-refractivity contribution in [2.75, 3.05) is 6.61 Å². The maximum absolute atomic E-state index is 13.9. The van der Waals surface area contributed by atoms with Crippen LogP contribution in [0.25, 0.3) is 22.4 Å².